The van der Waals surface area contributed by atoms with E-state index in [9.17, 15) is 0 Å². The lowest BCUT2D eigenvalue weighted by atomic mass is 10.0. The normalized spacial score (nSPS) is 10.6. The molecule has 0 radical (unpaired) electrons. The number of aromatic amines is 1. The van der Waals surface area contributed by atoms with Crippen LogP contribution < -0.4 is 5.32 Å². The molecule has 19 heavy (non-hydrogen) atoms. The summed E-state index contributed by atoms with van der Waals surface area (Å²) >= 11 is 0. The van der Waals surface area contributed by atoms with Gasteiger partial charge in [-0.3, -0.25) is 4.99 Å². The zero-order valence-corrected chi connectivity index (χ0v) is 10.6. The average molecular weight is 250 g/mol. The number of nitrogens with one attached hydrogen (secondary N) is 2. The first-order chi connectivity index (χ1) is 9.31. The maximum absolute atomic E-state index is 4.22. The molecule has 0 unspecified atom stereocenters. The van der Waals surface area contributed by atoms with Crippen molar-refractivity contribution in [3.05, 3.63) is 42.7 Å². The summed E-state index contributed by atoms with van der Waals surface area (Å²) in [5.74, 6) is 0. The van der Waals surface area contributed by atoms with Crippen LogP contribution in [0.25, 0.3) is 22.2 Å². The third-order valence-corrected chi connectivity index (χ3v) is 3.19. The monoisotopic (exact) mass is 250 g/mol. The number of benzene rings is 2. The summed E-state index contributed by atoms with van der Waals surface area (Å²) in [4.78, 5) is 11.4. The lowest BCUT2D eigenvalue weighted by Gasteiger charge is -2.08. The number of rotatable bonds is 3. The molecule has 4 nitrogen and oxygen atoms in total. The summed E-state index contributed by atoms with van der Waals surface area (Å²) in [6.45, 7) is 3.61. The largest absolute Gasteiger partial charge is 0.386 e. The van der Waals surface area contributed by atoms with Crippen molar-refractivity contribution in [2.24, 2.45) is 4.99 Å². The molecule has 0 saturated carbocycles. The van der Waals surface area contributed by atoms with Gasteiger partial charge in [-0.15, -0.1) is 0 Å². The number of nitrogens with zero attached hydrogens (tertiary/aromatic N) is 2. The van der Waals surface area contributed by atoms with E-state index in [1.54, 1.807) is 6.33 Å². The maximum atomic E-state index is 4.22. The van der Waals surface area contributed by atoms with Gasteiger partial charge in [-0.2, -0.15) is 0 Å². The fourth-order valence-corrected chi connectivity index (χ4v) is 2.17. The molecule has 0 amide bonds. The molecular weight excluding hydrogens is 236 g/mol. The molecule has 0 spiro atoms. The highest BCUT2D eigenvalue weighted by molar-refractivity contribution is 5.83. The van der Waals surface area contributed by atoms with Crippen LogP contribution in [0.2, 0.25) is 0 Å². The van der Waals surface area contributed by atoms with Gasteiger partial charge in [0.05, 0.1) is 28.7 Å². The molecular formula is C15H14N4. The summed E-state index contributed by atoms with van der Waals surface area (Å²) < 4.78 is 0. The summed E-state index contributed by atoms with van der Waals surface area (Å²) in [7, 11) is 1.88. The van der Waals surface area contributed by atoms with Crippen LogP contribution in [0.1, 0.15) is 0 Å². The fraction of sp³-hybridized carbons (Fsp3) is 0.0667. The van der Waals surface area contributed by atoms with Crippen molar-refractivity contribution < 1.29 is 0 Å². The lowest BCUT2D eigenvalue weighted by Crippen LogP contribution is -1.88. The number of fused-ring (bicyclic) bond motifs is 1. The van der Waals surface area contributed by atoms with Crippen molar-refractivity contribution >= 4 is 29.1 Å². The van der Waals surface area contributed by atoms with Gasteiger partial charge in [-0.1, -0.05) is 12.1 Å². The number of hydrogen-bond donors (Lipinski definition) is 2. The highest BCUT2D eigenvalue weighted by atomic mass is 14.9. The van der Waals surface area contributed by atoms with E-state index < -0.39 is 0 Å². The molecule has 0 saturated heterocycles. The second-order valence-corrected chi connectivity index (χ2v) is 4.27. The van der Waals surface area contributed by atoms with Crippen LogP contribution in [0.5, 0.6) is 0 Å². The Morgan fingerprint density at radius 2 is 1.95 bits per heavy atom. The minimum absolute atomic E-state index is 0.852. The van der Waals surface area contributed by atoms with Gasteiger partial charge < -0.3 is 10.3 Å². The van der Waals surface area contributed by atoms with Crippen molar-refractivity contribution in [1.29, 1.82) is 0 Å². The number of H-pyrrole nitrogens is 1. The molecule has 0 fully saturated rings. The molecule has 3 rings (SSSR count). The zero-order chi connectivity index (χ0) is 13.2. The predicted molar refractivity (Wildman–Crippen MR) is 80.3 cm³/mol. The number of hydrogen-bond acceptors (Lipinski definition) is 3. The number of imidazole rings is 1. The Hall–Kier alpha value is -2.62. The molecule has 3 aromatic rings. The SMILES string of the molecule is C=Nc1cc(-c2ccc3nc[nH]c3c2)ccc1NC. The van der Waals surface area contributed by atoms with Crippen LogP contribution in [-0.2, 0) is 0 Å². The number of aromatic nitrogens is 2. The second-order valence-electron chi connectivity index (χ2n) is 4.27. The van der Waals surface area contributed by atoms with Crippen LogP contribution in [0.3, 0.4) is 0 Å². The Kier molecular flexibility index (Phi) is 2.76. The van der Waals surface area contributed by atoms with Gasteiger partial charge in [0.15, 0.2) is 0 Å². The van der Waals surface area contributed by atoms with Gasteiger partial charge in [-0.05, 0) is 42.1 Å². The van der Waals surface area contributed by atoms with E-state index >= 15 is 0 Å². The fourth-order valence-electron chi connectivity index (χ4n) is 2.17. The lowest BCUT2D eigenvalue weighted by molar-refractivity contribution is 1.34. The molecule has 0 atom stereocenters. The average Bonchev–Trinajstić information content (AvgIpc) is 2.93. The maximum Gasteiger partial charge on any atom is 0.0931 e. The van der Waals surface area contributed by atoms with Crippen LogP contribution in [0, 0.1) is 0 Å². The minimum atomic E-state index is 0.852. The van der Waals surface area contributed by atoms with Crippen LogP contribution in [-0.4, -0.2) is 23.7 Å². The summed E-state index contributed by atoms with van der Waals surface area (Å²) in [5.41, 5.74) is 6.06. The Bertz CT molecular complexity index is 743. The van der Waals surface area contributed by atoms with Crippen molar-refractivity contribution in [3.63, 3.8) is 0 Å². The molecule has 2 N–H and O–H groups in total. The van der Waals surface area contributed by atoms with Crippen molar-refractivity contribution in [2.45, 2.75) is 0 Å². The molecule has 1 heterocycles. The molecule has 94 valence electrons. The third-order valence-electron chi connectivity index (χ3n) is 3.19. The van der Waals surface area contributed by atoms with Gasteiger partial charge in [-0.25, -0.2) is 4.98 Å². The van der Waals surface area contributed by atoms with E-state index in [2.05, 4.69) is 45.2 Å². The number of aliphatic imine (C=N–C) groups is 1. The van der Waals surface area contributed by atoms with Crippen LogP contribution >= 0.6 is 0 Å². The van der Waals surface area contributed by atoms with E-state index in [-0.39, 0.29) is 0 Å². The first-order valence-corrected chi connectivity index (χ1v) is 6.04. The van der Waals surface area contributed by atoms with E-state index in [1.165, 1.54) is 0 Å². The Labute approximate surface area is 111 Å². The molecule has 1 aromatic heterocycles. The van der Waals surface area contributed by atoms with E-state index in [4.69, 9.17) is 0 Å². The van der Waals surface area contributed by atoms with E-state index in [1.807, 2.05) is 25.2 Å². The second kappa shape index (κ2) is 4.57. The van der Waals surface area contributed by atoms with Crippen molar-refractivity contribution in [2.75, 3.05) is 12.4 Å². The van der Waals surface area contributed by atoms with Crippen LogP contribution in [0.4, 0.5) is 11.4 Å². The highest BCUT2D eigenvalue weighted by Crippen LogP contribution is 2.31. The first-order valence-electron chi connectivity index (χ1n) is 6.04. The van der Waals surface area contributed by atoms with Crippen molar-refractivity contribution in [1.82, 2.24) is 9.97 Å². The number of anilines is 1. The predicted octanol–water partition coefficient (Wildman–Crippen LogP) is 3.60. The molecule has 2 aromatic carbocycles. The first kappa shape index (κ1) is 11.5. The summed E-state index contributed by atoms with van der Waals surface area (Å²) in [6, 6.07) is 12.3. The van der Waals surface area contributed by atoms with E-state index in [0.29, 0.717) is 0 Å². The topological polar surface area (TPSA) is 53.1 Å². The highest BCUT2D eigenvalue weighted by Gasteiger charge is 2.05. The minimum Gasteiger partial charge on any atom is -0.386 e. The molecule has 0 aliphatic rings. The van der Waals surface area contributed by atoms with Gasteiger partial charge >= 0.3 is 0 Å². The smallest absolute Gasteiger partial charge is 0.0931 e. The Morgan fingerprint density at radius 3 is 2.74 bits per heavy atom. The quantitative estimate of drug-likeness (QED) is 0.698. The van der Waals surface area contributed by atoms with Gasteiger partial charge in [0, 0.05) is 7.05 Å². The standard InChI is InChI=1S/C15H14N4/c1-16-12-5-3-10(7-14(12)17-2)11-4-6-13-15(8-11)19-9-18-13/h3-9,16H,2H2,1H3,(H,18,19). The van der Waals surface area contributed by atoms with E-state index in [0.717, 1.165) is 33.5 Å². The Morgan fingerprint density at radius 1 is 1.16 bits per heavy atom. The van der Waals surface area contributed by atoms with Gasteiger partial charge in [0.1, 0.15) is 0 Å². The molecule has 0 aliphatic carbocycles. The van der Waals surface area contributed by atoms with Gasteiger partial charge in [0.2, 0.25) is 0 Å². The zero-order valence-electron chi connectivity index (χ0n) is 10.6. The van der Waals surface area contributed by atoms with Crippen LogP contribution in [0.15, 0.2) is 47.7 Å². The Balaban J connectivity index is 2.12. The summed E-state index contributed by atoms with van der Waals surface area (Å²) in [6.07, 6.45) is 1.70. The van der Waals surface area contributed by atoms with Gasteiger partial charge in [0.25, 0.3) is 0 Å². The molecule has 4 heteroatoms. The third kappa shape index (κ3) is 1.97. The molecule has 0 aliphatic heterocycles. The molecule has 0 bridgehead atoms. The van der Waals surface area contributed by atoms with Crippen molar-refractivity contribution in [3.8, 4) is 11.1 Å². The summed E-state index contributed by atoms with van der Waals surface area (Å²) in [5, 5.41) is 3.10.